The largest absolute Gasteiger partial charge is 0.345 e. The molecule has 5 nitrogen and oxygen atoms in total. The summed E-state index contributed by atoms with van der Waals surface area (Å²) >= 11 is 6.34. The molecule has 0 bridgehead atoms. The van der Waals surface area contributed by atoms with E-state index in [0.717, 1.165) is 11.1 Å². The molecule has 0 radical (unpaired) electrons. The van der Waals surface area contributed by atoms with E-state index in [-0.39, 0.29) is 35.0 Å². The van der Waals surface area contributed by atoms with Gasteiger partial charge < -0.3 is 10.3 Å². The Morgan fingerprint density at radius 2 is 1.82 bits per heavy atom. The summed E-state index contributed by atoms with van der Waals surface area (Å²) in [6.07, 6.45) is 1.89. The van der Waals surface area contributed by atoms with Gasteiger partial charge in [0.2, 0.25) is 5.92 Å². The molecule has 3 aromatic rings. The van der Waals surface area contributed by atoms with E-state index in [2.05, 4.69) is 10.3 Å². The van der Waals surface area contributed by atoms with Crippen LogP contribution in [0.1, 0.15) is 58.9 Å². The molecule has 1 aliphatic rings. The smallest absolute Gasteiger partial charge is 0.330 e. The third kappa shape index (κ3) is 5.19. The SMILES string of the molecule is Cc1ccc(C(NC(=O)c2cc(-n3cc(C)[nH]c3=O)ccc2Cl)C2CCC(F)(F)CC2)cc1. The number of benzene rings is 2. The predicted molar refractivity (Wildman–Crippen MR) is 124 cm³/mol. The number of aryl methyl sites for hydroxylation is 2. The van der Waals surface area contributed by atoms with E-state index in [1.807, 2.05) is 31.2 Å². The van der Waals surface area contributed by atoms with Gasteiger partial charge in [-0.25, -0.2) is 13.6 Å². The van der Waals surface area contributed by atoms with Gasteiger partial charge in [0.1, 0.15) is 0 Å². The van der Waals surface area contributed by atoms with Crippen LogP contribution in [0.5, 0.6) is 0 Å². The summed E-state index contributed by atoms with van der Waals surface area (Å²) in [5.41, 5.74) is 3.04. The van der Waals surface area contributed by atoms with E-state index in [1.165, 1.54) is 4.57 Å². The maximum absolute atomic E-state index is 13.8. The zero-order valence-electron chi connectivity index (χ0n) is 18.5. The molecule has 1 aromatic heterocycles. The van der Waals surface area contributed by atoms with Gasteiger partial charge in [-0.1, -0.05) is 41.4 Å². The van der Waals surface area contributed by atoms with Crippen molar-refractivity contribution in [2.75, 3.05) is 0 Å². The van der Waals surface area contributed by atoms with Crippen molar-refractivity contribution in [1.82, 2.24) is 14.9 Å². The van der Waals surface area contributed by atoms with Crippen LogP contribution in [-0.2, 0) is 0 Å². The summed E-state index contributed by atoms with van der Waals surface area (Å²) in [6.45, 7) is 3.73. The van der Waals surface area contributed by atoms with Crippen LogP contribution in [0.25, 0.3) is 5.69 Å². The number of carbonyl (C=O) groups is 1. The van der Waals surface area contributed by atoms with E-state index >= 15 is 0 Å². The minimum absolute atomic E-state index is 0.117. The molecule has 0 aliphatic heterocycles. The van der Waals surface area contributed by atoms with Crippen LogP contribution in [0.3, 0.4) is 0 Å². The number of nitrogens with zero attached hydrogens (tertiary/aromatic N) is 1. The van der Waals surface area contributed by atoms with Crippen molar-refractivity contribution in [3.05, 3.63) is 86.6 Å². The predicted octanol–water partition coefficient (Wildman–Crippen LogP) is 5.73. The van der Waals surface area contributed by atoms with E-state index < -0.39 is 17.9 Å². The number of imidazole rings is 1. The molecule has 8 heteroatoms. The lowest BCUT2D eigenvalue weighted by Gasteiger charge is -2.34. The fraction of sp³-hybridized carbons (Fsp3) is 0.360. The lowest BCUT2D eigenvalue weighted by Crippen LogP contribution is -2.37. The average molecular weight is 474 g/mol. The third-order valence-corrected chi connectivity index (χ3v) is 6.60. The number of rotatable bonds is 5. The third-order valence-electron chi connectivity index (χ3n) is 6.27. The highest BCUT2D eigenvalue weighted by atomic mass is 35.5. The first-order valence-corrected chi connectivity index (χ1v) is 11.3. The van der Waals surface area contributed by atoms with Crippen LogP contribution in [0.4, 0.5) is 8.78 Å². The van der Waals surface area contributed by atoms with Gasteiger partial charge >= 0.3 is 5.69 Å². The highest BCUT2D eigenvalue weighted by molar-refractivity contribution is 6.33. The number of amides is 1. The van der Waals surface area contributed by atoms with Crippen molar-refractivity contribution < 1.29 is 13.6 Å². The van der Waals surface area contributed by atoms with Gasteiger partial charge in [0.15, 0.2) is 0 Å². The molecule has 2 N–H and O–H groups in total. The molecule has 174 valence electrons. The number of halogens is 3. The van der Waals surface area contributed by atoms with Gasteiger partial charge in [0.05, 0.1) is 22.3 Å². The van der Waals surface area contributed by atoms with Gasteiger partial charge in [-0.15, -0.1) is 0 Å². The van der Waals surface area contributed by atoms with Gasteiger partial charge in [-0.2, -0.15) is 0 Å². The monoisotopic (exact) mass is 473 g/mol. The quantitative estimate of drug-likeness (QED) is 0.496. The summed E-state index contributed by atoms with van der Waals surface area (Å²) in [6, 6.07) is 12.1. The Hall–Kier alpha value is -2.93. The first kappa shape index (κ1) is 23.2. The number of nitrogens with one attached hydrogen (secondary N) is 2. The van der Waals surface area contributed by atoms with Crippen LogP contribution in [0.15, 0.2) is 53.5 Å². The van der Waals surface area contributed by atoms with Crippen LogP contribution in [0.2, 0.25) is 5.02 Å². The molecule has 1 aliphatic carbocycles. The lowest BCUT2D eigenvalue weighted by atomic mass is 9.79. The second-order valence-corrected chi connectivity index (χ2v) is 9.24. The molecule has 1 fully saturated rings. The molecule has 0 saturated heterocycles. The summed E-state index contributed by atoms with van der Waals surface area (Å²) in [4.78, 5) is 28.2. The van der Waals surface area contributed by atoms with Gasteiger partial charge in [0, 0.05) is 24.7 Å². The van der Waals surface area contributed by atoms with E-state index in [4.69, 9.17) is 11.6 Å². The van der Waals surface area contributed by atoms with E-state index in [0.29, 0.717) is 24.2 Å². The van der Waals surface area contributed by atoms with Crippen LogP contribution in [-0.4, -0.2) is 21.4 Å². The average Bonchev–Trinajstić information content (AvgIpc) is 3.11. The maximum Gasteiger partial charge on any atom is 0.330 e. The number of aromatic amines is 1. The Kier molecular flexibility index (Phi) is 6.43. The summed E-state index contributed by atoms with van der Waals surface area (Å²) in [7, 11) is 0. The zero-order chi connectivity index (χ0) is 23.8. The van der Waals surface area contributed by atoms with Crippen molar-refractivity contribution in [3.63, 3.8) is 0 Å². The summed E-state index contributed by atoms with van der Waals surface area (Å²) in [5.74, 6) is -3.18. The van der Waals surface area contributed by atoms with Gasteiger partial charge in [-0.05, 0) is 56.4 Å². The van der Waals surface area contributed by atoms with Crippen molar-refractivity contribution >= 4 is 17.5 Å². The number of hydrogen-bond acceptors (Lipinski definition) is 2. The summed E-state index contributed by atoms with van der Waals surface area (Å²) in [5, 5.41) is 3.29. The minimum atomic E-state index is -2.65. The van der Waals surface area contributed by atoms with Crippen LogP contribution < -0.4 is 11.0 Å². The number of alkyl halides is 2. The zero-order valence-corrected chi connectivity index (χ0v) is 19.3. The van der Waals surface area contributed by atoms with Crippen molar-refractivity contribution in [2.45, 2.75) is 51.5 Å². The van der Waals surface area contributed by atoms with E-state index in [9.17, 15) is 18.4 Å². The molecule has 1 amide bonds. The van der Waals surface area contributed by atoms with Crippen LogP contribution in [0, 0.1) is 19.8 Å². The topological polar surface area (TPSA) is 66.9 Å². The molecule has 1 atom stereocenters. The van der Waals surface area contributed by atoms with E-state index in [1.54, 1.807) is 31.3 Å². The molecular formula is C25H26ClF2N3O2. The summed E-state index contributed by atoms with van der Waals surface area (Å²) < 4.78 is 29.0. The Labute approximate surface area is 195 Å². The lowest BCUT2D eigenvalue weighted by molar-refractivity contribution is -0.0493. The molecule has 33 heavy (non-hydrogen) atoms. The number of carbonyl (C=O) groups excluding carboxylic acids is 1. The Bertz CT molecular complexity index is 1210. The van der Waals surface area contributed by atoms with Gasteiger partial charge in [0.25, 0.3) is 5.91 Å². The Morgan fingerprint density at radius 3 is 2.42 bits per heavy atom. The fourth-order valence-electron chi connectivity index (χ4n) is 4.40. The molecule has 1 unspecified atom stereocenters. The fourth-order valence-corrected chi connectivity index (χ4v) is 4.61. The highest BCUT2D eigenvalue weighted by Gasteiger charge is 2.38. The minimum Gasteiger partial charge on any atom is -0.345 e. The van der Waals surface area contributed by atoms with Crippen molar-refractivity contribution in [3.8, 4) is 5.69 Å². The number of H-pyrrole nitrogens is 1. The molecule has 2 aromatic carbocycles. The second-order valence-electron chi connectivity index (χ2n) is 8.83. The van der Waals surface area contributed by atoms with Crippen molar-refractivity contribution in [2.24, 2.45) is 5.92 Å². The number of aromatic nitrogens is 2. The molecule has 1 saturated carbocycles. The molecular weight excluding hydrogens is 448 g/mol. The molecule has 4 rings (SSSR count). The molecule has 1 heterocycles. The molecule has 0 spiro atoms. The number of hydrogen-bond donors (Lipinski definition) is 2. The Morgan fingerprint density at radius 1 is 1.15 bits per heavy atom. The van der Waals surface area contributed by atoms with Crippen LogP contribution >= 0.6 is 11.6 Å². The Balaban J connectivity index is 1.64. The van der Waals surface area contributed by atoms with Crippen molar-refractivity contribution in [1.29, 1.82) is 0 Å². The standard InChI is InChI=1S/C25H26ClF2N3O2/c1-15-3-5-17(6-4-15)22(18-9-11-25(27,28)12-10-18)30-23(32)20-13-19(7-8-21(20)26)31-14-16(2)29-24(31)33/h3-8,13-14,18,22H,9-12H2,1-2H3,(H,29,33)(H,30,32). The normalized spacial score (nSPS) is 17.0. The first-order valence-electron chi connectivity index (χ1n) is 11.0. The maximum atomic E-state index is 13.8. The van der Waals surface area contributed by atoms with Gasteiger partial charge in [-0.3, -0.25) is 9.36 Å². The highest BCUT2D eigenvalue weighted by Crippen LogP contribution is 2.41. The first-order chi connectivity index (χ1) is 15.6. The second kappa shape index (κ2) is 9.14.